The number of nitrogens with zero attached hydrogens (tertiary/aromatic N) is 5. The van der Waals surface area contributed by atoms with Gasteiger partial charge in [-0.25, -0.2) is 4.98 Å². The van der Waals surface area contributed by atoms with Crippen LogP contribution in [-0.4, -0.2) is 24.6 Å². The van der Waals surface area contributed by atoms with Crippen molar-refractivity contribution in [1.29, 1.82) is 0 Å². The third-order valence-corrected chi connectivity index (χ3v) is 4.80. The van der Waals surface area contributed by atoms with Crippen molar-refractivity contribution in [1.82, 2.24) is 24.6 Å². The fourth-order valence-corrected chi connectivity index (χ4v) is 3.54. The molecule has 0 unspecified atom stereocenters. The van der Waals surface area contributed by atoms with Gasteiger partial charge in [0, 0.05) is 23.3 Å². The highest BCUT2D eigenvalue weighted by Gasteiger charge is 2.17. The number of rotatable bonds is 4. The molecule has 0 aliphatic carbocycles. The van der Waals surface area contributed by atoms with Crippen LogP contribution in [0.1, 0.15) is 31.3 Å². The second kappa shape index (κ2) is 6.20. The summed E-state index contributed by atoms with van der Waals surface area (Å²) in [5, 5.41) is 10.7. The Balaban J connectivity index is 1.83. The highest BCUT2D eigenvalue weighted by molar-refractivity contribution is 7.98. The molecule has 0 bridgehead atoms. The van der Waals surface area contributed by atoms with Gasteiger partial charge in [0.05, 0.1) is 11.2 Å². The Labute approximate surface area is 144 Å². The first-order valence-electron chi connectivity index (χ1n) is 7.90. The molecule has 0 N–H and O–H groups in total. The maximum atomic E-state index is 4.84. The Morgan fingerprint density at radius 2 is 1.88 bits per heavy atom. The molecule has 120 valence electrons. The average Bonchev–Trinajstić information content (AvgIpc) is 3.04. The molecule has 0 atom stereocenters. The van der Waals surface area contributed by atoms with Gasteiger partial charge >= 0.3 is 0 Å². The van der Waals surface area contributed by atoms with Crippen LogP contribution in [0.25, 0.3) is 16.6 Å². The minimum absolute atomic E-state index is 0.280. The first-order chi connectivity index (χ1) is 11.7. The summed E-state index contributed by atoms with van der Waals surface area (Å²) in [7, 11) is 0. The van der Waals surface area contributed by atoms with E-state index in [1.54, 1.807) is 11.8 Å². The molecule has 0 spiro atoms. The Kier molecular flexibility index (Phi) is 3.90. The van der Waals surface area contributed by atoms with Crippen LogP contribution in [0.3, 0.4) is 0 Å². The van der Waals surface area contributed by atoms with Gasteiger partial charge in [0.25, 0.3) is 0 Å². The van der Waals surface area contributed by atoms with E-state index >= 15 is 0 Å². The molecule has 0 fully saturated rings. The number of para-hydroxylation sites is 1. The zero-order valence-corrected chi connectivity index (χ0v) is 14.4. The van der Waals surface area contributed by atoms with Crippen LogP contribution < -0.4 is 0 Å². The predicted octanol–water partition coefficient (Wildman–Crippen LogP) is 4.09. The van der Waals surface area contributed by atoms with E-state index in [0.717, 1.165) is 39.0 Å². The molecule has 0 saturated carbocycles. The minimum Gasteiger partial charge on any atom is -0.260 e. The van der Waals surface area contributed by atoms with E-state index < -0.39 is 0 Å². The second-order valence-corrected chi connectivity index (χ2v) is 6.84. The van der Waals surface area contributed by atoms with Crippen LogP contribution in [0.15, 0.2) is 53.8 Å². The first-order valence-corrected chi connectivity index (χ1v) is 8.89. The highest BCUT2D eigenvalue weighted by atomic mass is 32.2. The fraction of sp³-hybridized carbons (Fsp3) is 0.222. The summed E-state index contributed by atoms with van der Waals surface area (Å²) in [5.41, 5.74) is 2.86. The van der Waals surface area contributed by atoms with Crippen LogP contribution in [0, 0.1) is 0 Å². The van der Waals surface area contributed by atoms with E-state index in [9.17, 15) is 0 Å². The van der Waals surface area contributed by atoms with E-state index in [2.05, 4.69) is 33.4 Å². The van der Waals surface area contributed by atoms with E-state index in [4.69, 9.17) is 4.98 Å². The van der Waals surface area contributed by atoms with Crippen molar-refractivity contribution in [2.75, 3.05) is 0 Å². The van der Waals surface area contributed by atoms with Crippen molar-refractivity contribution < 1.29 is 0 Å². The Morgan fingerprint density at radius 1 is 1.04 bits per heavy atom. The van der Waals surface area contributed by atoms with Crippen molar-refractivity contribution in [3.8, 4) is 0 Å². The van der Waals surface area contributed by atoms with Crippen LogP contribution in [0.2, 0.25) is 0 Å². The summed E-state index contributed by atoms with van der Waals surface area (Å²) in [4.78, 5) is 9.22. The molecular formula is C18H17N5S. The summed E-state index contributed by atoms with van der Waals surface area (Å²) < 4.78 is 2.08. The largest absolute Gasteiger partial charge is 0.260 e. The molecule has 3 heterocycles. The number of aromatic nitrogens is 5. The van der Waals surface area contributed by atoms with Gasteiger partial charge in [-0.3, -0.25) is 9.38 Å². The summed E-state index contributed by atoms with van der Waals surface area (Å²) in [6.45, 7) is 4.29. The van der Waals surface area contributed by atoms with Crippen LogP contribution in [-0.2, 0) is 5.75 Å². The minimum atomic E-state index is 0.280. The van der Waals surface area contributed by atoms with E-state index in [-0.39, 0.29) is 5.92 Å². The lowest BCUT2D eigenvalue weighted by atomic mass is 10.2. The molecule has 1 aromatic carbocycles. The third-order valence-electron chi connectivity index (χ3n) is 3.83. The normalized spacial score (nSPS) is 11.6. The summed E-state index contributed by atoms with van der Waals surface area (Å²) >= 11 is 1.64. The van der Waals surface area contributed by atoms with Crippen molar-refractivity contribution in [3.63, 3.8) is 0 Å². The Morgan fingerprint density at radius 3 is 2.67 bits per heavy atom. The monoisotopic (exact) mass is 335 g/mol. The Hall–Kier alpha value is -2.47. The number of hydrogen-bond acceptors (Lipinski definition) is 5. The topological polar surface area (TPSA) is 56.0 Å². The number of pyridine rings is 1. The molecule has 6 heteroatoms. The standard InChI is InChI=1S/C18H17N5S/c1-12(2)16-20-15-9-4-3-8-14(15)17-21-22-18(23(16)17)24-11-13-7-5-6-10-19-13/h3-10,12H,11H2,1-2H3. The van der Waals surface area contributed by atoms with Gasteiger partial charge in [0.1, 0.15) is 5.82 Å². The Bertz CT molecular complexity index is 994. The van der Waals surface area contributed by atoms with Crippen molar-refractivity contribution >= 4 is 28.3 Å². The SMILES string of the molecule is CC(C)c1nc2ccccc2c2nnc(SCc3ccccn3)n12. The van der Waals surface area contributed by atoms with Gasteiger partial charge in [-0.05, 0) is 24.3 Å². The zero-order chi connectivity index (χ0) is 16.5. The molecule has 0 aliphatic rings. The van der Waals surface area contributed by atoms with E-state index in [1.807, 2.05) is 48.7 Å². The number of hydrogen-bond donors (Lipinski definition) is 0. The summed E-state index contributed by atoms with van der Waals surface area (Å²) in [6, 6.07) is 14.0. The maximum Gasteiger partial charge on any atom is 0.197 e. The second-order valence-electron chi connectivity index (χ2n) is 5.89. The highest BCUT2D eigenvalue weighted by Crippen LogP contribution is 2.28. The molecular weight excluding hydrogens is 318 g/mol. The average molecular weight is 335 g/mol. The van der Waals surface area contributed by atoms with E-state index in [1.165, 1.54) is 0 Å². The quantitative estimate of drug-likeness (QED) is 0.526. The first kappa shape index (κ1) is 15.1. The van der Waals surface area contributed by atoms with Gasteiger partial charge in [0.15, 0.2) is 10.8 Å². The van der Waals surface area contributed by atoms with Gasteiger partial charge < -0.3 is 0 Å². The van der Waals surface area contributed by atoms with Crippen molar-refractivity contribution in [3.05, 3.63) is 60.2 Å². The van der Waals surface area contributed by atoms with Gasteiger partial charge in [0.2, 0.25) is 0 Å². The molecule has 0 amide bonds. The lowest BCUT2D eigenvalue weighted by Gasteiger charge is -2.11. The lowest BCUT2D eigenvalue weighted by Crippen LogP contribution is -2.05. The molecule has 0 radical (unpaired) electrons. The van der Waals surface area contributed by atoms with Crippen molar-refractivity contribution in [2.45, 2.75) is 30.7 Å². The molecule has 0 saturated heterocycles. The van der Waals surface area contributed by atoms with Crippen LogP contribution in [0.5, 0.6) is 0 Å². The third kappa shape index (κ3) is 2.63. The summed E-state index contributed by atoms with van der Waals surface area (Å²) in [5.74, 6) is 2.02. The summed E-state index contributed by atoms with van der Waals surface area (Å²) in [6.07, 6.45) is 1.81. The van der Waals surface area contributed by atoms with Gasteiger partial charge in [-0.15, -0.1) is 10.2 Å². The fourth-order valence-electron chi connectivity index (χ4n) is 2.69. The molecule has 0 aliphatic heterocycles. The van der Waals surface area contributed by atoms with E-state index in [0.29, 0.717) is 0 Å². The van der Waals surface area contributed by atoms with Crippen LogP contribution >= 0.6 is 11.8 Å². The number of fused-ring (bicyclic) bond motifs is 3. The molecule has 24 heavy (non-hydrogen) atoms. The van der Waals surface area contributed by atoms with Gasteiger partial charge in [-0.1, -0.05) is 43.8 Å². The maximum absolute atomic E-state index is 4.84. The lowest BCUT2D eigenvalue weighted by molar-refractivity contribution is 0.728. The van der Waals surface area contributed by atoms with Crippen molar-refractivity contribution in [2.24, 2.45) is 0 Å². The molecule has 4 rings (SSSR count). The van der Waals surface area contributed by atoms with Gasteiger partial charge in [-0.2, -0.15) is 0 Å². The number of benzene rings is 1. The zero-order valence-electron chi connectivity index (χ0n) is 13.5. The number of thioether (sulfide) groups is 1. The molecule has 4 aromatic rings. The predicted molar refractivity (Wildman–Crippen MR) is 96.2 cm³/mol. The molecule has 5 nitrogen and oxygen atoms in total. The molecule has 3 aromatic heterocycles. The van der Waals surface area contributed by atoms with Crippen LogP contribution in [0.4, 0.5) is 0 Å². The smallest absolute Gasteiger partial charge is 0.197 e.